The highest BCUT2D eigenvalue weighted by Crippen LogP contribution is 2.30. The molecule has 0 aromatic carbocycles. The zero-order valence-electron chi connectivity index (χ0n) is 15.2. The lowest BCUT2D eigenvalue weighted by Crippen LogP contribution is -2.15. The van der Waals surface area contributed by atoms with E-state index < -0.39 is 11.8 Å². The van der Waals surface area contributed by atoms with Crippen molar-refractivity contribution in [1.82, 2.24) is 19.9 Å². The van der Waals surface area contributed by atoms with E-state index in [0.29, 0.717) is 23.6 Å². The van der Waals surface area contributed by atoms with Gasteiger partial charge in [-0.2, -0.15) is 0 Å². The number of halogens is 1. The molecule has 0 radical (unpaired) electrons. The van der Waals surface area contributed by atoms with Gasteiger partial charge in [-0.3, -0.25) is 4.98 Å². The largest absolute Gasteiger partial charge is 0.481 e. The van der Waals surface area contributed by atoms with Gasteiger partial charge >= 0.3 is 0 Å². The minimum Gasteiger partial charge on any atom is -0.481 e. The minimum absolute atomic E-state index is 0.145. The van der Waals surface area contributed by atoms with E-state index in [9.17, 15) is 9.50 Å². The molecule has 0 aliphatic rings. The Hall–Kier alpha value is -2.67. The number of alkyl halides is 1. The van der Waals surface area contributed by atoms with Crippen LogP contribution < -0.4 is 4.74 Å². The maximum Gasteiger partial charge on any atom is 0.222 e. The molecule has 26 heavy (non-hydrogen) atoms. The van der Waals surface area contributed by atoms with Gasteiger partial charge in [0.2, 0.25) is 5.88 Å². The maximum atomic E-state index is 14.1. The van der Waals surface area contributed by atoms with E-state index in [4.69, 9.17) is 4.74 Å². The molecule has 0 aliphatic carbocycles. The van der Waals surface area contributed by atoms with Gasteiger partial charge in [0.15, 0.2) is 11.5 Å². The third kappa shape index (κ3) is 3.62. The molecule has 0 saturated carbocycles. The van der Waals surface area contributed by atoms with Gasteiger partial charge < -0.3 is 9.84 Å². The summed E-state index contributed by atoms with van der Waals surface area (Å²) in [5.41, 5.74) is 0.504. The molecule has 1 unspecified atom stereocenters. The van der Waals surface area contributed by atoms with Crippen LogP contribution in [0.4, 0.5) is 4.39 Å². The Morgan fingerprint density at radius 2 is 1.92 bits per heavy atom. The van der Waals surface area contributed by atoms with Crippen LogP contribution in [0, 0.1) is 0 Å². The summed E-state index contributed by atoms with van der Waals surface area (Å²) in [6.45, 7) is 4.53. The van der Waals surface area contributed by atoms with Crippen molar-refractivity contribution >= 4 is 10.8 Å². The van der Waals surface area contributed by atoms with E-state index >= 15 is 0 Å². The molecule has 1 atom stereocenters. The number of fused-ring (bicyclic) bond motifs is 1. The number of methoxy groups -OCH3 is 1. The summed E-state index contributed by atoms with van der Waals surface area (Å²) >= 11 is 0. The topological polar surface area (TPSA) is 81.0 Å². The van der Waals surface area contributed by atoms with Crippen LogP contribution in [0.2, 0.25) is 0 Å². The molecule has 136 valence electrons. The molecule has 3 heterocycles. The van der Waals surface area contributed by atoms with Crippen molar-refractivity contribution < 1.29 is 14.2 Å². The van der Waals surface area contributed by atoms with E-state index in [1.54, 1.807) is 38.7 Å². The molecule has 6 nitrogen and oxygen atoms in total. The quantitative estimate of drug-likeness (QED) is 0.756. The number of ether oxygens (including phenoxy) is 1. The second-order valence-electron chi connectivity index (χ2n) is 6.64. The van der Waals surface area contributed by atoms with Crippen molar-refractivity contribution in [3.8, 4) is 5.88 Å². The molecule has 7 heteroatoms. The van der Waals surface area contributed by atoms with Crippen LogP contribution in [0.1, 0.15) is 49.7 Å². The molecule has 0 amide bonds. The summed E-state index contributed by atoms with van der Waals surface area (Å²) in [5.74, 6) is 0.596. The van der Waals surface area contributed by atoms with Crippen LogP contribution in [-0.2, 0) is 12.1 Å². The van der Waals surface area contributed by atoms with Crippen molar-refractivity contribution in [3.05, 3.63) is 53.5 Å². The van der Waals surface area contributed by atoms with Crippen molar-refractivity contribution in [3.63, 3.8) is 0 Å². The molecule has 0 spiro atoms. The van der Waals surface area contributed by atoms with Crippen molar-refractivity contribution in [2.45, 2.75) is 39.0 Å². The molecule has 3 aromatic heterocycles. The van der Waals surface area contributed by atoms with Crippen LogP contribution in [0.25, 0.3) is 10.8 Å². The molecule has 1 N–H and O–H groups in total. The van der Waals surface area contributed by atoms with Crippen LogP contribution in [-0.4, -0.2) is 32.2 Å². The van der Waals surface area contributed by atoms with Crippen molar-refractivity contribution in [2.24, 2.45) is 0 Å². The number of aromatic nitrogens is 4. The number of pyridine rings is 2. The van der Waals surface area contributed by atoms with Crippen LogP contribution in [0.3, 0.4) is 0 Å². The number of hydrogen-bond donors (Lipinski definition) is 1. The Morgan fingerprint density at radius 1 is 1.15 bits per heavy atom. The number of rotatable bonds is 5. The standard InChI is InChI=1S/C19H21FN4O2/c1-11(25)15-9-23-17(26-4)16-10-22-13(8-14(15)16)7-12-5-6-21-18(24-12)19(2,3)20/h5-6,8-11,25H,7H2,1-4H3. The Labute approximate surface area is 151 Å². The molecular weight excluding hydrogens is 335 g/mol. The third-order valence-corrected chi connectivity index (χ3v) is 4.07. The lowest BCUT2D eigenvalue weighted by atomic mass is 10.0. The average Bonchev–Trinajstić information content (AvgIpc) is 2.60. The van der Waals surface area contributed by atoms with Gasteiger partial charge in [0.25, 0.3) is 0 Å². The smallest absolute Gasteiger partial charge is 0.222 e. The molecule has 3 aromatic rings. The Balaban J connectivity index is 2.03. The number of aliphatic hydroxyl groups is 1. The minimum atomic E-state index is -1.61. The summed E-state index contributed by atoms with van der Waals surface area (Å²) < 4.78 is 19.4. The normalized spacial score (nSPS) is 13.0. The van der Waals surface area contributed by atoms with Gasteiger partial charge in [0, 0.05) is 36.3 Å². The summed E-state index contributed by atoms with van der Waals surface area (Å²) in [6, 6.07) is 3.62. The van der Waals surface area contributed by atoms with Crippen LogP contribution in [0.15, 0.2) is 30.7 Å². The molecule has 3 rings (SSSR count). The fourth-order valence-corrected chi connectivity index (χ4v) is 2.73. The number of nitrogens with zero attached hydrogens (tertiary/aromatic N) is 4. The second-order valence-corrected chi connectivity index (χ2v) is 6.64. The highest BCUT2D eigenvalue weighted by molar-refractivity contribution is 5.89. The van der Waals surface area contributed by atoms with Gasteiger partial charge in [0.05, 0.1) is 24.3 Å². The lowest BCUT2D eigenvalue weighted by molar-refractivity contribution is 0.200. The Kier molecular flexibility index (Phi) is 4.82. The van der Waals surface area contributed by atoms with Crippen molar-refractivity contribution in [2.75, 3.05) is 7.11 Å². The first kappa shape index (κ1) is 18.1. The van der Waals surface area contributed by atoms with E-state index in [0.717, 1.165) is 16.5 Å². The zero-order valence-corrected chi connectivity index (χ0v) is 15.2. The predicted octanol–water partition coefficient (Wildman–Crippen LogP) is 3.28. The third-order valence-electron chi connectivity index (χ3n) is 4.07. The Morgan fingerprint density at radius 3 is 2.58 bits per heavy atom. The SMILES string of the molecule is COc1ncc(C(C)O)c2cc(Cc3ccnc(C(C)(C)F)n3)ncc12. The van der Waals surface area contributed by atoms with E-state index in [1.165, 1.54) is 13.8 Å². The van der Waals surface area contributed by atoms with Gasteiger partial charge in [-0.25, -0.2) is 19.3 Å². The predicted molar refractivity (Wildman–Crippen MR) is 95.7 cm³/mol. The first-order chi connectivity index (χ1) is 12.3. The van der Waals surface area contributed by atoms with E-state index in [1.807, 2.05) is 6.07 Å². The van der Waals surface area contributed by atoms with E-state index in [2.05, 4.69) is 19.9 Å². The number of hydrogen-bond acceptors (Lipinski definition) is 6. The summed E-state index contributed by atoms with van der Waals surface area (Å²) in [7, 11) is 1.54. The molecule has 0 fully saturated rings. The van der Waals surface area contributed by atoms with E-state index in [-0.39, 0.29) is 5.82 Å². The molecule has 0 aliphatic heterocycles. The van der Waals surface area contributed by atoms with Crippen LogP contribution >= 0.6 is 0 Å². The lowest BCUT2D eigenvalue weighted by Gasteiger charge is -2.14. The molecule has 0 saturated heterocycles. The maximum absolute atomic E-state index is 14.1. The van der Waals surface area contributed by atoms with Crippen molar-refractivity contribution in [1.29, 1.82) is 0 Å². The summed E-state index contributed by atoms with van der Waals surface area (Å²) in [6.07, 6.45) is 4.57. The highest BCUT2D eigenvalue weighted by atomic mass is 19.1. The first-order valence-electron chi connectivity index (χ1n) is 8.30. The zero-order chi connectivity index (χ0) is 18.9. The summed E-state index contributed by atoms with van der Waals surface area (Å²) in [4.78, 5) is 17.0. The fraction of sp³-hybridized carbons (Fsp3) is 0.368. The second kappa shape index (κ2) is 6.92. The highest BCUT2D eigenvalue weighted by Gasteiger charge is 2.22. The Bertz CT molecular complexity index is 938. The van der Waals surface area contributed by atoms with Crippen LogP contribution in [0.5, 0.6) is 5.88 Å². The van der Waals surface area contributed by atoms with Gasteiger partial charge in [0.1, 0.15) is 0 Å². The number of aliphatic hydroxyl groups excluding tert-OH is 1. The van der Waals surface area contributed by atoms with Gasteiger partial charge in [-0.1, -0.05) is 0 Å². The fourth-order valence-electron chi connectivity index (χ4n) is 2.73. The van der Waals surface area contributed by atoms with Gasteiger partial charge in [-0.15, -0.1) is 0 Å². The van der Waals surface area contributed by atoms with Gasteiger partial charge in [-0.05, 0) is 38.3 Å². The monoisotopic (exact) mass is 356 g/mol. The molecular formula is C19H21FN4O2. The average molecular weight is 356 g/mol. The first-order valence-corrected chi connectivity index (χ1v) is 8.30. The summed E-state index contributed by atoms with van der Waals surface area (Å²) in [5, 5.41) is 11.6. The molecule has 0 bridgehead atoms.